The fraction of sp³-hybridized carbons (Fsp3) is 0.500. The number of rotatable bonds is 4. The van der Waals surface area contributed by atoms with E-state index in [2.05, 4.69) is 5.32 Å². The molecule has 0 heterocycles. The number of nitrogens with one attached hydrogen (secondary N) is 1. The average Bonchev–Trinajstić information content (AvgIpc) is 2.28. The van der Waals surface area contributed by atoms with Gasteiger partial charge in [-0.1, -0.05) is 11.6 Å². The van der Waals surface area contributed by atoms with Gasteiger partial charge in [-0.05, 0) is 32.4 Å². The van der Waals surface area contributed by atoms with E-state index in [0.29, 0.717) is 5.56 Å². The van der Waals surface area contributed by atoms with Crippen molar-refractivity contribution in [1.82, 2.24) is 5.32 Å². The van der Waals surface area contributed by atoms with Crippen LogP contribution in [0.25, 0.3) is 0 Å². The first-order chi connectivity index (χ1) is 8.61. The topological polar surface area (TPSA) is 101 Å². The van der Waals surface area contributed by atoms with Crippen LogP contribution in [0.15, 0.2) is 12.1 Å². The van der Waals surface area contributed by atoms with E-state index in [4.69, 9.17) is 17.3 Å². The highest BCUT2D eigenvalue weighted by Crippen LogP contribution is 2.32. The van der Waals surface area contributed by atoms with Gasteiger partial charge in [0.25, 0.3) is 5.69 Å². The first kappa shape index (κ1) is 15.7. The highest BCUT2D eigenvalue weighted by atomic mass is 35.5. The molecule has 1 aromatic carbocycles. The number of nitrogens with zero attached hydrogens (tertiary/aromatic N) is 1. The molecule has 0 saturated carbocycles. The van der Waals surface area contributed by atoms with Crippen molar-refractivity contribution in [1.29, 1.82) is 0 Å². The van der Waals surface area contributed by atoms with Gasteiger partial charge < -0.3 is 16.2 Å². The Hall–Kier alpha value is -1.37. The maximum absolute atomic E-state index is 10.8. The van der Waals surface area contributed by atoms with Crippen molar-refractivity contribution < 1.29 is 10.0 Å². The van der Waals surface area contributed by atoms with Crippen LogP contribution in [-0.2, 0) is 0 Å². The van der Waals surface area contributed by atoms with Gasteiger partial charge in [-0.25, -0.2) is 0 Å². The largest absolute Gasteiger partial charge is 0.392 e. The lowest BCUT2D eigenvalue weighted by Gasteiger charge is -2.23. The van der Waals surface area contributed by atoms with Gasteiger partial charge in [0.1, 0.15) is 5.69 Å². The number of aliphatic hydroxyl groups is 1. The van der Waals surface area contributed by atoms with Crippen LogP contribution in [0.1, 0.15) is 32.4 Å². The van der Waals surface area contributed by atoms with Crippen LogP contribution in [0.4, 0.5) is 11.4 Å². The molecule has 1 atom stereocenters. The zero-order chi connectivity index (χ0) is 14.8. The monoisotopic (exact) mass is 287 g/mol. The molecular weight excluding hydrogens is 270 g/mol. The molecule has 19 heavy (non-hydrogen) atoms. The maximum atomic E-state index is 10.8. The molecule has 0 radical (unpaired) electrons. The fourth-order valence-electron chi connectivity index (χ4n) is 1.49. The molecule has 0 fully saturated rings. The third-order valence-electron chi connectivity index (χ3n) is 2.54. The first-order valence-corrected chi connectivity index (χ1v) is 6.16. The van der Waals surface area contributed by atoms with Crippen molar-refractivity contribution in [2.24, 2.45) is 0 Å². The molecule has 0 aliphatic heterocycles. The summed E-state index contributed by atoms with van der Waals surface area (Å²) in [6.45, 7) is 6.13. The SMILES string of the molecule is CC(C)(C)NCC(O)c1cc(Cl)c(N)c([N+](=O)[O-])c1. The van der Waals surface area contributed by atoms with Crippen molar-refractivity contribution >= 4 is 23.0 Å². The van der Waals surface area contributed by atoms with Crippen LogP contribution in [0.3, 0.4) is 0 Å². The molecule has 1 unspecified atom stereocenters. The summed E-state index contributed by atoms with van der Waals surface area (Å²) < 4.78 is 0. The van der Waals surface area contributed by atoms with Crippen molar-refractivity contribution in [2.45, 2.75) is 32.4 Å². The number of halogens is 1. The predicted molar refractivity (Wildman–Crippen MR) is 75.2 cm³/mol. The Morgan fingerprint density at radius 3 is 2.58 bits per heavy atom. The number of aliphatic hydroxyl groups excluding tert-OH is 1. The smallest absolute Gasteiger partial charge is 0.294 e. The van der Waals surface area contributed by atoms with Gasteiger partial charge in [0.15, 0.2) is 0 Å². The summed E-state index contributed by atoms with van der Waals surface area (Å²) >= 11 is 5.84. The number of nitro groups is 1. The standard InChI is InChI=1S/C12H18ClN3O3/c1-12(2,3)15-6-10(17)7-4-8(13)11(14)9(5-7)16(18)19/h4-5,10,15,17H,6,14H2,1-3H3. The minimum atomic E-state index is -0.893. The summed E-state index contributed by atoms with van der Waals surface area (Å²) in [6.07, 6.45) is -0.893. The highest BCUT2D eigenvalue weighted by molar-refractivity contribution is 6.33. The zero-order valence-electron chi connectivity index (χ0n) is 11.1. The summed E-state index contributed by atoms with van der Waals surface area (Å²) in [6, 6.07) is 2.69. The number of anilines is 1. The van der Waals surface area contributed by atoms with Gasteiger partial charge in [0, 0.05) is 18.2 Å². The van der Waals surface area contributed by atoms with E-state index in [1.54, 1.807) is 0 Å². The molecule has 0 aliphatic carbocycles. The van der Waals surface area contributed by atoms with Gasteiger partial charge in [0.05, 0.1) is 16.0 Å². The Morgan fingerprint density at radius 1 is 1.53 bits per heavy atom. The molecule has 4 N–H and O–H groups in total. The van der Waals surface area contributed by atoms with Gasteiger partial charge in [-0.3, -0.25) is 10.1 Å². The molecular formula is C12H18ClN3O3. The third-order valence-corrected chi connectivity index (χ3v) is 2.85. The van der Waals surface area contributed by atoms with Gasteiger partial charge >= 0.3 is 0 Å². The van der Waals surface area contributed by atoms with Crippen LogP contribution in [0, 0.1) is 10.1 Å². The Bertz CT molecular complexity index is 486. The number of benzene rings is 1. The van der Waals surface area contributed by atoms with Crippen molar-refractivity contribution in [3.8, 4) is 0 Å². The minimum absolute atomic E-state index is 0.0685. The summed E-state index contributed by atoms with van der Waals surface area (Å²) in [5.74, 6) is 0. The summed E-state index contributed by atoms with van der Waals surface area (Å²) in [7, 11) is 0. The third kappa shape index (κ3) is 4.34. The second kappa shape index (κ2) is 5.73. The van der Waals surface area contributed by atoms with Crippen molar-refractivity contribution in [3.63, 3.8) is 0 Å². The van der Waals surface area contributed by atoms with E-state index in [9.17, 15) is 15.2 Å². The van der Waals surface area contributed by atoms with Crippen LogP contribution in [-0.4, -0.2) is 22.1 Å². The molecule has 0 aromatic heterocycles. The molecule has 0 amide bonds. The Balaban J connectivity index is 2.98. The molecule has 0 saturated heterocycles. The van der Waals surface area contributed by atoms with Crippen molar-refractivity contribution in [2.75, 3.05) is 12.3 Å². The van der Waals surface area contributed by atoms with E-state index >= 15 is 0 Å². The zero-order valence-corrected chi connectivity index (χ0v) is 11.9. The summed E-state index contributed by atoms with van der Waals surface area (Å²) in [5.41, 5.74) is 5.34. The summed E-state index contributed by atoms with van der Waals surface area (Å²) in [4.78, 5) is 10.2. The molecule has 0 aliphatic rings. The van der Waals surface area contributed by atoms with Crippen LogP contribution >= 0.6 is 11.6 Å². The molecule has 6 nitrogen and oxygen atoms in total. The maximum Gasteiger partial charge on any atom is 0.294 e. The molecule has 1 aromatic rings. The van der Waals surface area contributed by atoms with E-state index < -0.39 is 11.0 Å². The molecule has 0 bridgehead atoms. The van der Waals surface area contributed by atoms with E-state index in [1.807, 2.05) is 20.8 Å². The molecule has 1 rings (SSSR count). The lowest BCUT2D eigenvalue weighted by atomic mass is 10.0. The average molecular weight is 288 g/mol. The van der Waals surface area contributed by atoms with Crippen LogP contribution < -0.4 is 11.1 Å². The van der Waals surface area contributed by atoms with Gasteiger partial charge in [0.2, 0.25) is 0 Å². The second-order valence-electron chi connectivity index (χ2n) is 5.34. The van der Waals surface area contributed by atoms with E-state index in [1.165, 1.54) is 12.1 Å². The minimum Gasteiger partial charge on any atom is -0.392 e. The fourth-order valence-corrected chi connectivity index (χ4v) is 1.71. The Morgan fingerprint density at radius 2 is 2.11 bits per heavy atom. The Labute approximate surface area is 116 Å². The number of nitrogen functional groups attached to an aromatic ring is 1. The quantitative estimate of drug-likeness (QED) is 0.448. The van der Waals surface area contributed by atoms with E-state index in [0.717, 1.165) is 0 Å². The van der Waals surface area contributed by atoms with Gasteiger partial charge in [-0.2, -0.15) is 0 Å². The number of nitro benzene ring substituents is 1. The van der Waals surface area contributed by atoms with Gasteiger partial charge in [-0.15, -0.1) is 0 Å². The number of β-amino-alcohol motifs (C(OH)–C–C–N with tert-alkyl or cyclic N) is 1. The molecule has 0 spiro atoms. The molecule has 106 valence electrons. The highest BCUT2D eigenvalue weighted by Gasteiger charge is 2.20. The molecule has 7 heteroatoms. The number of nitrogens with two attached hydrogens (primary N) is 1. The lowest BCUT2D eigenvalue weighted by molar-refractivity contribution is -0.384. The summed E-state index contributed by atoms with van der Waals surface area (Å²) in [5, 5.41) is 24.0. The van der Waals surface area contributed by atoms with Crippen LogP contribution in [0.5, 0.6) is 0 Å². The first-order valence-electron chi connectivity index (χ1n) is 5.78. The lowest BCUT2D eigenvalue weighted by Crippen LogP contribution is -2.38. The second-order valence-corrected chi connectivity index (χ2v) is 5.75. The number of hydrogen-bond acceptors (Lipinski definition) is 5. The number of hydrogen-bond donors (Lipinski definition) is 3. The predicted octanol–water partition coefficient (Wildman–Crippen LogP) is 2.25. The van der Waals surface area contributed by atoms with Crippen molar-refractivity contribution in [3.05, 3.63) is 32.8 Å². The Kier molecular flexibility index (Phi) is 4.73. The van der Waals surface area contributed by atoms with Crippen LogP contribution in [0.2, 0.25) is 5.02 Å². The van der Waals surface area contributed by atoms with E-state index in [-0.39, 0.29) is 28.5 Å². The normalized spacial score (nSPS) is 13.3.